The van der Waals surface area contributed by atoms with Gasteiger partial charge in [0.15, 0.2) is 0 Å². The summed E-state index contributed by atoms with van der Waals surface area (Å²) in [6, 6.07) is 1.39. The van der Waals surface area contributed by atoms with E-state index in [9.17, 15) is 13.2 Å². The van der Waals surface area contributed by atoms with Gasteiger partial charge in [0.2, 0.25) is 10.0 Å². The van der Waals surface area contributed by atoms with E-state index in [1.165, 1.54) is 18.5 Å². The number of sulfonamides is 1. The molecule has 1 aromatic rings. The van der Waals surface area contributed by atoms with Crippen molar-refractivity contribution in [2.45, 2.75) is 29.7 Å². The van der Waals surface area contributed by atoms with Crippen LogP contribution in [0.2, 0.25) is 0 Å². The number of carbonyl (C=O) groups is 1. The molecule has 16 heavy (non-hydrogen) atoms. The lowest BCUT2D eigenvalue weighted by atomic mass is 9.78. The van der Waals surface area contributed by atoms with Crippen LogP contribution in [0.25, 0.3) is 0 Å². The zero-order valence-corrected chi connectivity index (χ0v) is 9.25. The molecule has 0 spiro atoms. The fourth-order valence-corrected chi connectivity index (χ4v) is 3.08. The van der Waals surface area contributed by atoms with Gasteiger partial charge in [-0.25, -0.2) is 8.42 Å². The first kappa shape index (κ1) is 11.2. The minimum atomic E-state index is -3.74. The molecular formula is C9H12N2O4S. The Hall–Kier alpha value is -1.34. The highest BCUT2D eigenvalue weighted by Gasteiger charge is 2.47. The molecule has 0 radical (unpaired) electrons. The van der Waals surface area contributed by atoms with Crippen LogP contribution in [0.15, 0.2) is 23.4 Å². The van der Waals surface area contributed by atoms with Crippen molar-refractivity contribution >= 4 is 16.0 Å². The predicted octanol–water partition coefficient (Wildman–Crippen LogP) is 0.300. The van der Waals surface area contributed by atoms with Gasteiger partial charge in [0, 0.05) is 12.4 Å². The number of aromatic amines is 1. The van der Waals surface area contributed by atoms with E-state index in [-0.39, 0.29) is 4.90 Å². The number of carboxylic acid groups (broad SMARTS) is 1. The summed E-state index contributed by atoms with van der Waals surface area (Å²) in [7, 11) is -3.74. The first-order valence-electron chi connectivity index (χ1n) is 4.86. The van der Waals surface area contributed by atoms with Gasteiger partial charge in [-0.2, -0.15) is 4.72 Å². The normalized spacial score (nSPS) is 19.0. The van der Waals surface area contributed by atoms with Crippen molar-refractivity contribution in [2.75, 3.05) is 0 Å². The van der Waals surface area contributed by atoms with Crippen LogP contribution in [0.5, 0.6) is 0 Å². The SMILES string of the molecule is O=C(O)C1(NS(=O)(=O)c2cc[nH]c2)CCC1. The van der Waals surface area contributed by atoms with Crippen molar-refractivity contribution in [2.24, 2.45) is 0 Å². The topological polar surface area (TPSA) is 99.3 Å². The molecule has 1 fully saturated rings. The molecule has 0 atom stereocenters. The van der Waals surface area contributed by atoms with Crippen molar-refractivity contribution in [3.05, 3.63) is 18.5 Å². The third kappa shape index (κ3) is 1.72. The van der Waals surface area contributed by atoms with Gasteiger partial charge in [-0.15, -0.1) is 0 Å². The Kier molecular flexibility index (Phi) is 2.51. The van der Waals surface area contributed by atoms with Crippen LogP contribution in [-0.4, -0.2) is 30.0 Å². The van der Waals surface area contributed by atoms with Crippen LogP contribution in [-0.2, 0) is 14.8 Å². The van der Waals surface area contributed by atoms with Crippen molar-refractivity contribution in [1.82, 2.24) is 9.71 Å². The van der Waals surface area contributed by atoms with E-state index in [1.807, 2.05) is 0 Å². The minimum absolute atomic E-state index is 0.0556. The Morgan fingerprint density at radius 2 is 2.19 bits per heavy atom. The molecule has 0 amide bonds. The van der Waals surface area contributed by atoms with Crippen LogP contribution in [0.4, 0.5) is 0 Å². The second-order valence-electron chi connectivity index (χ2n) is 3.89. The minimum Gasteiger partial charge on any atom is -0.480 e. The standard InChI is InChI=1S/C9H12N2O4S/c12-8(13)9(3-1-4-9)11-16(14,15)7-2-5-10-6-7/h2,5-6,10-11H,1,3-4H2,(H,12,13). The quantitative estimate of drug-likeness (QED) is 0.709. The number of rotatable bonds is 4. The molecule has 1 saturated carbocycles. The molecule has 7 heteroatoms. The van der Waals surface area contributed by atoms with E-state index in [4.69, 9.17) is 5.11 Å². The average molecular weight is 244 g/mol. The van der Waals surface area contributed by atoms with Crippen molar-refractivity contribution in [1.29, 1.82) is 0 Å². The number of H-pyrrole nitrogens is 1. The maximum absolute atomic E-state index is 11.8. The van der Waals surface area contributed by atoms with Crippen LogP contribution in [0, 0.1) is 0 Å². The smallest absolute Gasteiger partial charge is 0.324 e. The molecule has 1 aliphatic carbocycles. The third-order valence-corrected chi connectivity index (χ3v) is 4.36. The van der Waals surface area contributed by atoms with Crippen LogP contribution >= 0.6 is 0 Å². The van der Waals surface area contributed by atoms with Gasteiger partial charge in [-0.3, -0.25) is 4.79 Å². The monoisotopic (exact) mass is 244 g/mol. The van der Waals surface area contributed by atoms with Gasteiger partial charge in [0.1, 0.15) is 5.54 Å². The number of carboxylic acids is 1. The molecule has 6 nitrogen and oxygen atoms in total. The van der Waals surface area contributed by atoms with E-state index in [0.717, 1.165) is 6.42 Å². The second kappa shape index (κ2) is 3.60. The summed E-state index contributed by atoms with van der Waals surface area (Å²) in [6.07, 6.45) is 4.19. The van der Waals surface area contributed by atoms with Crippen molar-refractivity contribution < 1.29 is 18.3 Å². The molecule has 0 bridgehead atoms. The Morgan fingerprint density at radius 1 is 1.50 bits per heavy atom. The number of aliphatic carboxylic acids is 1. The van der Waals surface area contributed by atoms with Crippen LogP contribution in [0.3, 0.4) is 0 Å². The summed E-state index contributed by atoms with van der Waals surface area (Å²) in [5, 5.41) is 9.01. The van der Waals surface area contributed by atoms with Gasteiger partial charge in [-0.05, 0) is 25.3 Å². The van der Waals surface area contributed by atoms with E-state index in [0.29, 0.717) is 12.8 Å². The summed E-state index contributed by atoms with van der Waals surface area (Å²) >= 11 is 0. The largest absolute Gasteiger partial charge is 0.480 e. The fourth-order valence-electron chi connectivity index (χ4n) is 1.68. The number of aromatic nitrogens is 1. The Labute approximate surface area is 92.7 Å². The van der Waals surface area contributed by atoms with E-state index >= 15 is 0 Å². The third-order valence-electron chi connectivity index (χ3n) is 2.83. The summed E-state index contributed by atoms with van der Waals surface area (Å²) < 4.78 is 25.9. The van der Waals surface area contributed by atoms with Gasteiger partial charge in [0.25, 0.3) is 0 Å². The number of hydrogen-bond acceptors (Lipinski definition) is 3. The molecule has 1 aliphatic rings. The molecule has 1 aromatic heterocycles. The first-order chi connectivity index (χ1) is 7.46. The van der Waals surface area contributed by atoms with Gasteiger partial charge >= 0.3 is 5.97 Å². The van der Waals surface area contributed by atoms with Gasteiger partial charge in [-0.1, -0.05) is 0 Å². The maximum Gasteiger partial charge on any atom is 0.324 e. The summed E-state index contributed by atoms with van der Waals surface area (Å²) in [6.45, 7) is 0. The van der Waals surface area contributed by atoms with Gasteiger partial charge < -0.3 is 10.1 Å². The fraction of sp³-hybridized carbons (Fsp3) is 0.444. The van der Waals surface area contributed by atoms with Crippen LogP contribution < -0.4 is 4.72 Å². The lowest BCUT2D eigenvalue weighted by Gasteiger charge is -2.37. The number of nitrogens with one attached hydrogen (secondary N) is 2. The highest BCUT2D eigenvalue weighted by atomic mass is 32.2. The summed E-state index contributed by atoms with van der Waals surface area (Å²) in [5.41, 5.74) is -1.31. The maximum atomic E-state index is 11.8. The Bertz CT molecular complexity index is 488. The van der Waals surface area contributed by atoms with Gasteiger partial charge in [0.05, 0.1) is 4.90 Å². The highest BCUT2D eigenvalue weighted by molar-refractivity contribution is 7.89. The molecule has 2 rings (SSSR count). The average Bonchev–Trinajstić information content (AvgIpc) is 2.63. The molecule has 0 unspecified atom stereocenters. The number of hydrogen-bond donors (Lipinski definition) is 3. The van der Waals surface area contributed by atoms with E-state index in [2.05, 4.69) is 9.71 Å². The molecule has 0 aromatic carbocycles. The second-order valence-corrected chi connectivity index (χ2v) is 5.58. The van der Waals surface area contributed by atoms with Crippen molar-refractivity contribution in [3.8, 4) is 0 Å². The zero-order valence-electron chi connectivity index (χ0n) is 8.43. The van der Waals surface area contributed by atoms with Crippen LogP contribution in [0.1, 0.15) is 19.3 Å². The molecule has 1 heterocycles. The van der Waals surface area contributed by atoms with E-state index in [1.54, 1.807) is 0 Å². The highest BCUT2D eigenvalue weighted by Crippen LogP contribution is 2.33. The summed E-state index contributed by atoms with van der Waals surface area (Å²) in [5.74, 6) is -1.11. The predicted molar refractivity (Wildman–Crippen MR) is 55.3 cm³/mol. The molecule has 88 valence electrons. The Balaban J connectivity index is 2.25. The lowest BCUT2D eigenvalue weighted by molar-refractivity contribution is -0.147. The molecule has 0 aliphatic heterocycles. The molecule has 0 saturated heterocycles. The molecular weight excluding hydrogens is 232 g/mol. The summed E-state index contributed by atoms with van der Waals surface area (Å²) in [4.78, 5) is 13.7. The Morgan fingerprint density at radius 3 is 2.56 bits per heavy atom. The lowest BCUT2D eigenvalue weighted by Crippen LogP contribution is -2.58. The van der Waals surface area contributed by atoms with E-state index < -0.39 is 21.5 Å². The molecule has 3 N–H and O–H groups in total. The zero-order chi connectivity index (χ0) is 11.8. The van der Waals surface area contributed by atoms with Crippen molar-refractivity contribution in [3.63, 3.8) is 0 Å². The first-order valence-corrected chi connectivity index (χ1v) is 6.35.